The van der Waals surface area contributed by atoms with Crippen LogP contribution in [-0.4, -0.2) is 34.7 Å². The minimum Gasteiger partial charge on any atom is -0.292 e. The van der Waals surface area contributed by atoms with E-state index in [2.05, 4.69) is 48.5 Å². The molecule has 0 aliphatic heterocycles. The van der Waals surface area contributed by atoms with Crippen LogP contribution in [0.1, 0.15) is 36.6 Å². The summed E-state index contributed by atoms with van der Waals surface area (Å²) in [6, 6.07) is 17.9. The SMILES string of the molecule is CCCCc1cn(-c2c(C)cccc2Br)c(=O)n1Cc1ccc(-c2ncccc2-c2nn[nH]n2)cc1. The van der Waals surface area contributed by atoms with Gasteiger partial charge in [-0.15, -0.1) is 10.2 Å². The number of aromatic nitrogens is 7. The number of halogens is 1. The zero-order valence-corrected chi connectivity index (χ0v) is 21.7. The molecule has 9 heteroatoms. The van der Waals surface area contributed by atoms with Crippen molar-refractivity contribution in [2.24, 2.45) is 0 Å². The molecule has 0 saturated carbocycles. The standard InChI is InChI=1S/C27H26BrN7O/c1-3-4-8-21-17-35(25-18(2)7-5-10-23(25)28)27(36)34(21)16-19-11-13-20(14-12-19)24-22(9-6-15-29-24)26-30-32-33-31-26/h5-7,9-15,17H,3-4,8,16H2,1-2H3,(H,30,31,32,33). The number of nitrogens with zero attached hydrogens (tertiary/aromatic N) is 6. The van der Waals surface area contributed by atoms with Gasteiger partial charge in [0, 0.05) is 33.7 Å². The van der Waals surface area contributed by atoms with Crippen molar-refractivity contribution >= 4 is 15.9 Å². The summed E-state index contributed by atoms with van der Waals surface area (Å²) in [5.41, 5.74) is 6.49. The lowest BCUT2D eigenvalue weighted by Gasteiger charge is -2.10. The number of para-hydroxylation sites is 1. The Morgan fingerprint density at radius 3 is 2.61 bits per heavy atom. The third-order valence-corrected chi connectivity index (χ3v) is 6.88. The van der Waals surface area contributed by atoms with Crippen LogP contribution >= 0.6 is 15.9 Å². The molecule has 0 atom stereocenters. The second-order valence-electron chi connectivity index (χ2n) is 8.70. The van der Waals surface area contributed by atoms with Gasteiger partial charge in [0.25, 0.3) is 0 Å². The first-order valence-electron chi connectivity index (χ1n) is 11.9. The number of benzene rings is 2. The Balaban J connectivity index is 1.49. The molecular formula is C27H26BrN7O. The third-order valence-electron chi connectivity index (χ3n) is 6.24. The van der Waals surface area contributed by atoms with Gasteiger partial charge in [-0.1, -0.05) is 49.7 Å². The molecule has 0 aliphatic carbocycles. The highest BCUT2D eigenvalue weighted by atomic mass is 79.9. The smallest absolute Gasteiger partial charge is 0.292 e. The molecule has 0 aliphatic rings. The van der Waals surface area contributed by atoms with Gasteiger partial charge in [-0.3, -0.25) is 14.1 Å². The number of tetrazole rings is 1. The summed E-state index contributed by atoms with van der Waals surface area (Å²) < 4.78 is 4.56. The Morgan fingerprint density at radius 2 is 1.89 bits per heavy atom. The number of unbranched alkanes of at least 4 members (excludes halogenated alkanes) is 1. The molecule has 0 saturated heterocycles. The molecular weight excluding hydrogens is 518 g/mol. The van der Waals surface area contributed by atoms with Crippen molar-refractivity contribution < 1.29 is 0 Å². The van der Waals surface area contributed by atoms with Crippen LogP contribution in [0.3, 0.4) is 0 Å². The Hall–Kier alpha value is -3.85. The monoisotopic (exact) mass is 543 g/mol. The van der Waals surface area contributed by atoms with E-state index in [1.165, 1.54) is 0 Å². The van der Waals surface area contributed by atoms with Gasteiger partial charge in [-0.05, 0) is 70.2 Å². The molecule has 0 unspecified atom stereocenters. The first-order valence-corrected chi connectivity index (χ1v) is 12.7. The number of nitrogens with one attached hydrogen (secondary N) is 1. The van der Waals surface area contributed by atoms with Crippen LogP contribution in [0.25, 0.3) is 28.3 Å². The molecule has 0 bridgehead atoms. The first-order chi connectivity index (χ1) is 17.6. The molecule has 0 amide bonds. The van der Waals surface area contributed by atoms with Gasteiger partial charge in [0.2, 0.25) is 5.82 Å². The van der Waals surface area contributed by atoms with Crippen LogP contribution in [0.2, 0.25) is 0 Å². The molecule has 8 nitrogen and oxygen atoms in total. The Labute approximate surface area is 217 Å². The summed E-state index contributed by atoms with van der Waals surface area (Å²) in [6.45, 7) is 4.68. The van der Waals surface area contributed by atoms with Gasteiger partial charge in [0.1, 0.15) is 0 Å². The summed E-state index contributed by atoms with van der Waals surface area (Å²) in [6.07, 6.45) is 6.68. The van der Waals surface area contributed by atoms with Gasteiger partial charge >= 0.3 is 5.69 Å². The molecule has 36 heavy (non-hydrogen) atoms. The maximum absolute atomic E-state index is 13.6. The Bertz CT molecular complexity index is 1520. The molecule has 0 fully saturated rings. The number of hydrogen-bond acceptors (Lipinski definition) is 5. The summed E-state index contributed by atoms with van der Waals surface area (Å²) in [5.74, 6) is 0.498. The van der Waals surface area contributed by atoms with Crippen LogP contribution in [0.15, 0.2) is 76.3 Å². The molecule has 5 rings (SSSR count). The lowest BCUT2D eigenvalue weighted by molar-refractivity contribution is 0.673. The third kappa shape index (κ3) is 4.66. The Kier molecular flexibility index (Phi) is 6.90. The van der Waals surface area contributed by atoms with Crippen molar-refractivity contribution in [2.45, 2.75) is 39.7 Å². The fourth-order valence-electron chi connectivity index (χ4n) is 4.38. The highest BCUT2D eigenvalue weighted by Gasteiger charge is 2.17. The highest BCUT2D eigenvalue weighted by Crippen LogP contribution is 2.28. The fraction of sp³-hybridized carbons (Fsp3) is 0.222. The van der Waals surface area contributed by atoms with Crippen molar-refractivity contribution in [1.29, 1.82) is 0 Å². The maximum Gasteiger partial charge on any atom is 0.333 e. The second-order valence-corrected chi connectivity index (χ2v) is 9.55. The zero-order valence-electron chi connectivity index (χ0n) is 20.1. The van der Waals surface area contributed by atoms with E-state index in [0.29, 0.717) is 12.4 Å². The van der Waals surface area contributed by atoms with Crippen LogP contribution in [0, 0.1) is 6.92 Å². The number of H-pyrrole nitrogens is 1. The molecule has 3 heterocycles. The van der Waals surface area contributed by atoms with Crippen LogP contribution in [-0.2, 0) is 13.0 Å². The van der Waals surface area contributed by atoms with E-state index in [-0.39, 0.29) is 5.69 Å². The van der Waals surface area contributed by atoms with E-state index in [1.54, 1.807) is 10.8 Å². The first kappa shape index (κ1) is 23.9. The molecule has 1 N–H and O–H groups in total. The summed E-state index contributed by atoms with van der Waals surface area (Å²) in [4.78, 5) is 18.1. The van der Waals surface area contributed by atoms with Gasteiger partial charge in [-0.2, -0.15) is 5.21 Å². The van der Waals surface area contributed by atoms with Gasteiger partial charge < -0.3 is 0 Å². The van der Waals surface area contributed by atoms with Crippen LogP contribution in [0.4, 0.5) is 0 Å². The molecule has 0 spiro atoms. The molecule has 3 aromatic heterocycles. The lowest BCUT2D eigenvalue weighted by Crippen LogP contribution is -2.25. The number of hydrogen-bond donors (Lipinski definition) is 1. The van der Waals surface area contributed by atoms with E-state index in [0.717, 1.165) is 63.1 Å². The summed E-state index contributed by atoms with van der Waals surface area (Å²) in [5, 5.41) is 14.4. The van der Waals surface area contributed by atoms with Crippen molar-refractivity contribution in [3.05, 3.63) is 98.8 Å². The predicted octanol–water partition coefficient (Wildman–Crippen LogP) is 5.34. The quantitative estimate of drug-likeness (QED) is 0.285. The number of aryl methyl sites for hydroxylation is 2. The van der Waals surface area contributed by atoms with Gasteiger partial charge in [0.05, 0.1) is 17.9 Å². The summed E-state index contributed by atoms with van der Waals surface area (Å²) in [7, 11) is 0. The molecule has 182 valence electrons. The topological polar surface area (TPSA) is 94.3 Å². The van der Waals surface area contributed by atoms with E-state index in [4.69, 9.17) is 0 Å². The van der Waals surface area contributed by atoms with Crippen molar-refractivity contribution in [3.63, 3.8) is 0 Å². The van der Waals surface area contributed by atoms with Gasteiger partial charge in [0.15, 0.2) is 0 Å². The average molecular weight is 544 g/mol. The summed E-state index contributed by atoms with van der Waals surface area (Å²) >= 11 is 3.63. The maximum atomic E-state index is 13.6. The minimum absolute atomic E-state index is 0.0377. The van der Waals surface area contributed by atoms with Crippen LogP contribution in [0.5, 0.6) is 0 Å². The number of pyridine rings is 1. The minimum atomic E-state index is -0.0377. The predicted molar refractivity (Wildman–Crippen MR) is 143 cm³/mol. The van der Waals surface area contributed by atoms with Crippen molar-refractivity contribution in [2.75, 3.05) is 0 Å². The van der Waals surface area contributed by atoms with Crippen molar-refractivity contribution in [1.82, 2.24) is 34.7 Å². The second kappa shape index (κ2) is 10.4. The number of aromatic amines is 1. The van der Waals surface area contributed by atoms with E-state index in [9.17, 15) is 4.79 Å². The lowest BCUT2D eigenvalue weighted by atomic mass is 10.0. The van der Waals surface area contributed by atoms with Crippen molar-refractivity contribution in [3.8, 4) is 28.3 Å². The zero-order chi connectivity index (χ0) is 25.1. The largest absolute Gasteiger partial charge is 0.333 e. The van der Waals surface area contributed by atoms with Crippen LogP contribution < -0.4 is 5.69 Å². The molecule has 0 radical (unpaired) electrons. The van der Waals surface area contributed by atoms with E-state index < -0.39 is 0 Å². The van der Waals surface area contributed by atoms with Gasteiger partial charge in [-0.25, -0.2) is 4.79 Å². The molecule has 5 aromatic rings. The fourth-order valence-corrected chi connectivity index (χ4v) is 5.04. The number of imidazole rings is 1. The van der Waals surface area contributed by atoms with E-state index in [1.807, 2.05) is 72.3 Å². The molecule has 2 aromatic carbocycles. The highest BCUT2D eigenvalue weighted by molar-refractivity contribution is 9.10. The number of rotatable bonds is 8. The normalized spacial score (nSPS) is 11.2. The Morgan fingerprint density at radius 1 is 1.06 bits per heavy atom. The van der Waals surface area contributed by atoms with E-state index >= 15 is 0 Å². The average Bonchev–Trinajstić information content (AvgIpc) is 3.53.